The van der Waals surface area contributed by atoms with E-state index in [0.29, 0.717) is 15.1 Å². The molecular formula is C20H23N5O2S. The molecule has 2 aliphatic rings. The monoisotopic (exact) mass is 397 g/mol. The lowest BCUT2D eigenvalue weighted by molar-refractivity contribution is 0.102. The van der Waals surface area contributed by atoms with Crippen LogP contribution in [-0.4, -0.2) is 25.2 Å². The van der Waals surface area contributed by atoms with E-state index in [-0.39, 0.29) is 11.5 Å². The second-order valence-corrected chi connectivity index (χ2v) is 8.74. The Morgan fingerprint density at radius 3 is 2.86 bits per heavy atom. The molecule has 0 saturated heterocycles. The normalized spacial score (nSPS) is 16.1. The van der Waals surface area contributed by atoms with Crippen molar-refractivity contribution in [2.75, 3.05) is 5.32 Å². The SMILES string of the molecule is Cc1c(C(=O)Nc2c3c(nn2C)CCC3)sc2nc3n(c(=O)c12)CCCCC3. The van der Waals surface area contributed by atoms with Gasteiger partial charge in [-0.1, -0.05) is 6.42 Å². The molecular weight excluding hydrogens is 374 g/mol. The van der Waals surface area contributed by atoms with E-state index < -0.39 is 0 Å². The third-order valence-electron chi connectivity index (χ3n) is 5.92. The van der Waals surface area contributed by atoms with Crippen molar-refractivity contribution in [1.82, 2.24) is 19.3 Å². The summed E-state index contributed by atoms with van der Waals surface area (Å²) in [5.74, 6) is 1.44. The maximum absolute atomic E-state index is 13.1. The lowest BCUT2D eigenvalue weighted by Gasteiger charge is -2.08. The van der Waals surface area contributed by atoms with Gasteiger partial charge >= 0.3 is 0 Å². The van der Waals surface area contributed by atoms with Crippen LogP contribution in [0.15, 0.2) is 4.79 Å². The van der Waals surface area contributed by atoms with Crippen molar-refractivity contribution in [3.63, 3.8) is 0 Å². The fraction of sp³-hybridized carbons (Fsp3) is 0.500. The number of anilines is 1. The average molecular weight is 398 g/mol. The number of amides is 1. The lowest BCUT2D eigenvalue weighted by Crippen LogP contribution is -2.24. The van der Waals surface area contributed by atoms with Crippen molar-refractivity contribution in [3.8, 4) is 0 Å². The average Bonchev–Trinajstić information content (AvgIpc) is 3.25. The highest BCUT2D eigenvalue weighted by atomic mass is 32.1. The molecule has 0 atom stereocenters. The van der Waals surface area contributed by atoms with Crippen molar-refractivity contribution in [2.45, 2.75) is 58.4 Å². The smallest absolute Gasteiger partial charge is 0.267 e. The molecule has 0 radical (unpaired) electrons. The van der Waals surface area contributed by atoms with E-state index in [1.807, 2.05) is 18.5 Å². The summed E-state index contributed by atoms with van der Waals surface area (Å²) in [5.41, 5.74) is 2.94. The van der Waals surface area contributed by atoms with Crippen LogP contribution < -0.4 is 10.9 Å². The van der Waals surface area contributed by atoms with Gasteiger partial charge in [0.25, 0.3) is 11.5 Å². The number of thiophene rings is 1. The molecule has 28 heavy (non-hydrogen) atoms. The van der Waals surface area contributed by atoms with E-state index in [2.05, 4.69) is 10.4 Å². The minimum atomic E-state index is -0.183. The summed E-state index contributed by atoms with van der Waals surface area (Å²) >= 11 is 1.32. The Hall–Kier alpha value is -2.48. The Kier molecular flexibility index (Phi) is 4.12. The molecule has 7 nitrogen and oxygen atoms in total. The van der Waals surface area contributed by atoms with Gasteiger partial charge in [-0.3, -0.25) is 18.8 Å². The number of hydrogen-bond donors (Lipinski definition) is 1. The second-order valence-electron chi connectivity index (χ2n) is 7.74. The van der Waals surface area contributed by atoms with Crippen molar-refractivity contribution in [2.24, 2.45) is 7.05 Å². The Morgan fingerprint density at radius 2 is 2.00 bits per heavy atom. The predicted octanol–water partition coefficient (Wildman–Crippen LogP) is 2.97. The van der Waals surface area contributed by atoms with Gasteiger partial charge in [-0.15, -0.1) is 11.3 Å². The molecule has 146 valence electrons. The zero-order valence-electron chi connectivity index (χ0n) is 16.2. The molecule has 1 aliphatic carbocycles. The highest BCUT2D eigenvalue weighted by Crippen LogP contribution is 2.31. The maximum atomic E-state index is 13.1. The number of hydrogen-bond acceptors (Lipinski definition) is 5. The van der Waals surface area contributed by atoms with Gasteiger partial charge in [0.05, 0.1) is 16.0 Å². The summed E-state index contributed by atoms with van der Waals surface area (Å²) < 4.78 is 3.56. The Bertz CT molecular complexity index is 1170. The van der Waals surface area contributed by atoms with Gasteiger partial charge in [0.1, 0.15) is 16.5 Å². The number of carbonyl (C=O) groups is 1. The number of aromatic nitrogens is 4. The maximum Gasteiger partial charge on any atom is 0.267 e. The van der Waals surface area contributed by atoms with Crippen molar-refractivity contribution < 1.29 is 4.79 Å². The zero-order chi connectivity index (χ0) is 19.4. The molecule has 0 aromatic carbocycles. The number of rotatable bonds is 2. The first-order valence-corrected chi connectivity index (χ1v) is 10.7. The highest BCUT2D eigenvalue weighted by molar-refractivity contribution is 7.20. The van der Waals surface area contributed by atoms with Crippen LogP contribution in [0, 0.1) is 6.92 Å². The first-order valence-electron chi connectivity index (χ1n) is 9.93. The third-order valence-corrected chi connectivity index (χ3v) is 7.10. The molecule has 1 N–H and O–H groups in total. The molecule has 1 amide bonds. The number of nitrogens with zero attached hydrogens (tertiary/aromatic N) is 4. The van der Waals surface area contributed by atoms with Gasteiger partial charge in [-0.05, 0) is 44.6 Å². The summed E-state index contributed by atoms with van der Waals surface area (Å²) in [7, 11) is 1.86. The van der Waals surface area contributed by atoms with E-state index in [4.69, 9.17) is 4.98 Å². The van der Waals surface area contributed by atoms with E-state index in [9.17, 15) is 9.59 Å². The first-order chi connectivity index (χ1) is 13.5. The topological polar surface area (TPSA) is 81.8 Å². The van der Waals surface area contributed by atoms with Gasteiger partial charge in [-0.25, -0.2) is 4.98 Å². The van der Waals surface area contributed by atoms with Crippen LogP contribution in [0.1, 0.15) is 58.0 Å². The molecule has 3 aromatic rings. The minimum Gasteiger partial charge on any atom is -0.306 e. The molecule has 3 aromatic heterocycles. The van der Waals surface area contributed by atoms with Crippen LogP contribution in [-0.2, 0) is 32.9 Å². The third kappa shape index (κ3) is 2.62. The second kappa shape index (κ2) is 6.55. The van der Waals surface area contributed by atoms with Crippen LogP contribution in [0.2, 0.25) is 0 Å². The number of fused-ring (bicyclic) bond motifs is 3. The summed E-state index contributed by atoms with van der Waals surface area (Å²) in [6.07, 6.45) is 6.99. The van der Waals surface area contributed by atoms with E-state index in [1.54, 1.807) is 4.68 Å². The van der Waals surface area contributed by atoms with E-state index in [0.717, 1.165) is 80.0 Å². The number of carbonyl (C=O) groups excluding carboxylic acids is 1. The van der Waals surface area contributed by atoms with Gasteiger partial charge in [0, 0.05) is 25.6 Å². The molecule has 4 heterocycles. The summed E-state index contributed by atoms with van der Waals surface area (Å²) in [4.78, 5) is 32.2. The van der Waals surface area contributed by atoms with Crippen molar-refractivity contribution in [1.29, 1.82) is 0 Å². The highest BCUT2D eigenvalue weighted by Gasteiger charge is 2.26. The first kappa shape index (κ1) is 17.6. The minimum absolute atomic E-state index is 0.00359. The van der Waals surface area contributed by atoms with Gasteiger partial charge in [0.2, 0.25) is 0 Å². The summed E-state index contributed by atoms with van der Waals surface area (Å²) in [6, 6.07) is 0. The van der Waals surface area contributed by atoms with Crippen molar-refractivity contribution >= 4 is 33.3 Å². The largest absolute Gasteiger partial charge is 0.306 e. The Balaban J connectivity index is 1.56. The van der Waals surface area contributed by atoms with Crippen LogP contribution in [0.25, 0.3) is 10.2 Å². The summed E-state index contributed by atoms with van der Waals surface area (Å²) in [5, 5.41) is 8.15. The summed E-state index contributed by atoms with van der Waals surface area (Å²) in [6.45, 7) is 2.57. The molecule has 0 saturated carbocycles. The van der Waals surface area contributed by atoms with E-state index in [1.165, 1.54) is 11.3 Å². The standard InChI is InChI=1S/C20H23N5O2S/c1-11-15-19(21-14-9-4-3-5-10-25(14)20(15)27)28-16(11)18(26)22-17-12-7-6-8-13(12)23-24(17)2/h3-10H2,1-2H3,(H,22,26). The molecule has 5 rings (SSSR count). The molecule has 0 unspecified atom stereocenters. The number of nitrogens with one attached hydrogen (secondary N) is 1. The Labute approximate surface area is 166 Å². The van der Waals surface area contributed by atoms with Crippen LogP contribution >= 0.6 is 11.3 Å². The molecule has 8 heteroatoms. The van der Waals surface area contributed by atoms with Gasteiger partial charge in [-0.2, -0.15) is 5.10 Å². The van der Waals surface area contributed by atoms with Crippen LogP contribution in [0.3, 0.4) is 0 Å². The molecule has 0 spiro atoms. The lowest BCUT2D eigenvalue weighted by atomic mass is 10.2. The Morgan fingerprint density at radius 1 is 1.14 bits per heavy atom. The van der Waals surface area contributed by atoms with Crippen molar-refractivity contribution in [3.05, 3.63) is 37.9 Å². The quantitative estimate of drug-likeness (QED) is 0.721. The fourth-order valence-corrected chi connectivity index (χ4v) is 5.55. The van der Waals surface area contributed by atoms with Crippen LogP contribution in [0.4, 0.5) is 5.82 Å². The molecule has 0 fully saturated rings. The zero-order valence-corrected chi connectivity index (χ0v) is 17.0. The van der Waals surface area contributed by atoms with Gasteiger partial charge < -0.3 is 5.32 Å². The number of aryl methyl sites for hydroxylation is 4. The molecule has 0 bridgehead atoms. The fourth-order valence-electron chi connectivity index (χ4n) is 4.47. The van der Waals surface area contributed by atoms with Crippen LogP contribution in [0.5, 0.6) is 0 Å². The molecule has 1 aliphatic heterocycles. The van der Waals surface area contributed by atoms with E-state index >= 15 is 0 Å². The van der Waals surface area contributed by atoms with Gasteiger partial charge in [0.15, 0.2) is 0 Å². The predicted molar refractivity (Wildman–Crippen MR) is 109 cm³/mol.